The van der Waals surface area contributed by atoms with E-state index in [9.17, 15) is 35.5 Å². The second-order valence-corrected chi connectivity index (χ2v) is 10.9. The predicted molar refractivity (Wildman–Crippen MR) is 138 cm³/mol. The zero-order valence-corrected chi connectivity index (χ0v) is 21.6. The molecule has 0 saturated carbocycles. The first kappa shape index (κ1) is 28.3. The molecule has 0 fully saturated rings. The Morgan fingerprint density at radius 3 is 1.12 bits per heavy atom. The quantitative estimate of drug-likeness (QED) is 0.195. The van der Waals surface area contributed by atoms with Crippen LogP contribution in [0.15, 0.2) is 94.7 Å². The second-order valence-electron chi connectivity index (χ2n) is 8.14. The van der Waals surface area contributed by atoms with Gasteiger partial charge in [0.1, 0.15) is 32.8 Å². The van der Waals surface area contributed by atoms with Gasteiger partial charge in [-0.3, -0.25) is 9.11 Å². The van der Waals surface area contributed by atoms with Gasteiger partial charge in [0.2, 0.25) is 0 Å². The second kappa shape index (κ2) is 10.8. The molecule has 4 aromatic rings. The number of aromatic carboxylic acids is 2. The van der Waals surface area contributed by atoms with Crippen LogP contribution in [0.2, 0.25) is 0 Å². The molecule has 0 unspecified atom stereocenters. The molecule has 0 bridgehead atoms. The van der Waals surface area contributed by atoms with Crippen LogP contribution >= 0.6 is 0 Å². The van der Waals surface area contributed by atoms with E-state index < -0.39 is 42.0 Å². The average molecular weight is 587 g/mol. The van der Waals surface area contributed by atoms with E-state index in [1.54, 1.807) is 0 Å². The number of carboxylic acids is 2. The van der Waals surface area contributed by atoms with E-state index in [1.165, 1.54) is 72.8 Å². The third kappa shape index (κ3) is 6.44. The number of hydrogen-bond acceptors (Lipinski definition) is 8. The highest BCUT2D eigenvalue weighted by Crippen LogP contribution is 2.37. The smallest absolute Gasteiger partial charge is 0.335 e. The first-order chi connectivity index (χ1) is 18.7. The van der Waals surface area contributed by atoms with Gasteiger partial charge in [0.15, 0.2) is 0 Å². The van der Waals surface area contributed by atoms with Crippen molar-refractivity contribution in [2.24, 2.45) is 0 Å². The molecule has 0 saturated heterocycles. The van der Waals surface area contributed by atoms with Crippen LogP contribution < -0.4 is 9.47 Å². The minimum absolute atomic E-state index is 0.0305. The molecule has 0 atom stereocenters. The van der Waals surface area contributed by atoms with Crippen molar-refractivity contribution in [3.63, 3.8) is 0 Å². The Balaban J connectivity index is 1.71. The first-order valence-electron chi connectivity index (χ1n) is 11.0. The van der Waals surface area contributed by atoms with Crippen LogP contribution in [-0.4, -0.2) is 48.1 Å². The minimum Gasteiger partial charge on any atom is -0.478 e. The van der Waals surface area contributed by atoms with Crippen molar-refractivity contribution < 1.29 is 55.2 Å². The summed E-state index contributed by atoms with van der Waals surface area (Å²) in [5.41, 5.74) is 0.168. The first-order valence-corrected chi connectivity index (χ1v) is 13.9. The van der Waals surface area contributed by atoms with Gasteiger partial charge in [-0.2, -0.15) is 16.8 Å². The summed E-state index contributed by atoms with van der Waals surface area (Å²) < 4.78 is 79.2. The van der Waals surface area contributed by atoms with Gasteiger partial charge in [-0.25, -0.2) is 9.59 Å². The lowest BCUT2D eigenvalue weighted by atomic mass is 10.1. The number of ether oxygens (including phenoxy) is 2. The van der Waals surface area contributed by atoms with Gasteiger partial charge >= 0.3 is 11.9 Å². The Bertz CT molecular complexity index is 1690. The SMILES string of the molecule is O=C(O)c1ccc(Oc2ccc(-c3ccc(Oc4ccc(C(=O)O)cc4)c(S(=O)(=O)O)c3)cc2S(=O)(=O)O)cc1. The fraction of sp³-hybridized carbons (Fsp3) is 0. The molecule has 4 aromatic carbocycles. The fourth-order valence-electron chi connectivity index (χ4n) is 3.53. The molecular formula is C26H18O12S2. The highest BCUT2D eigenvalue weighted by molar-refractivity contribution is 7.86. The highest BCUT2D eigenvalue weighted by atomic mass is 32.2. The maximum absolute atomic E-state index is 12.1. The van der Waals surface area contributed by atoms with Gasteiger partial charge < -0.3 is 19.7 Å². The molecule has 4 N–H and O–H groups in total. The lowest BCUT2D eigenvalue weighted by Crippen LogP contribution is -2.03. The molecule has 0 spiro atoms. The van der Waals surface area contributed by atoms with E-state index in [2.05, 4.69) is 0 Å². The van der Waals surface area contributed by atoms with Crippen LogP contribution in [0.1, 0.15) is 20.7 Å². The maximum Gasteiger partial charge on any atom is 0.335 e. The van der Waals surface area contributed by atoms with Gasteiger partial charge in [-0.15, -0.1) is 0 Å². The molecule has 0 aromatic heterocycles. The number of carbonyl (C=O) groups is 2. The summed E-state index contributed by atoms with van der Waals surface area (Å²) in [5.74, 6) is -2.79. The minimum atomic E-state index is -4.86. The number of hydrogen-bond donors (Lipinski definition) is 4. The lowest BCUT2D eigenvalue weighted by molar-refractivity contribution is 0.0686. The van der Waals surface area contributed by atoms with Crippen LogP contribution in [0.25, 0.3) is 11.1 Å². The molecule has 40 heavy (non-hydrogen) atoms. The monoisotopic (exact) mass is 586 g/mol. The van der Waals surface area contributed by atoms with Crippen LogP contribution in [0.3, 0.4) is 0 Å². The maximum atomic E-state index is 12.1. The molecule has 0 aliphatic rings. The molecule has 0 aliphatic heterocycles. The van der Waals surface area contributed by atoms with Crippen LogP contribution in [-0.2, 0) is 20.2 Å². The largest absolute Gasteiger partial charge is 0.478 e. The Hall–Kier alpha value is -4.76. The highest BCUT2D eigenvalue weighted by Gasteiger charge is 2.22. The summed E-state index contributed by atoms with van der Waals surface area (Å²) in [6.07, 6.45) is 0. The van der Waals surface area contributed by atoms with Crippen molar-refractivity contribution >= 4 is 32.2 Å². The number of rotatable bonds is 9. The molecule has 0 radical (unpaired) electrons. The summed E-state index contributed by atoms with van der Waals surface area (Å²) in [6.45, 7) is 0. The Labute approximate surface area is 227 Å². The van der Waals surface area contributed by atoms with E-state index in [-0.39, 0.29) is 45.3 Å². The Kier molecular flexibility index (Phi) is 7.61. The summed E-state index contributed by atoms with van der Waals surface area (Å²) in [6, 6.07) is 17.3. The van der Waals surface area contributed by atoms with E-state index in [1.807, 2.05) is 0 Å². The number of carboxylic acid groups (broad SMARTS) is 2. The van der Waals surface area contributed by atoms with Gasteiger partial charge in [-0.1, -0.05) is 12.1 Å². The zero-order valence-electron chi connectivity index (χ0n) is 20.0. The van der Waals surface area contributed by atoms with E-state index in [0.717, 1.165) is 12.1 Å². The number of benzene rings is 4. The molecule has 0 amide bonds. The summed E-state index contributed by atoms with van der Waals surface area (Å²) in [7, 11) is -9.71. The van der Waals surface area contributed by atoms with Crippen molar-refractivity contribution in [2.45, 2.75) is 9.79 Å². The molecule has 12 nitrogen and oxygen atoms in total. The van der Waals surface area contributed by atoms with Crippen molar-refractivity contribution in [1.29, 1.82) is 0 Å². The third-order valence-electron chi connectivity index (χ3n) is 5.43. The molecule has 14 heteroatoms. The summed E-state index contributed by atoms with van der Waals surface area (Å²) >= 11 is 0. The standard InChI is InChI=1S/C26H18O12S2/c27-25(28)15-1-7-19(8-2-15)37-21-11-5-17(13-23(21)39(31,32)33)18-6-12-22(24(14-18)40(34,35)36)38-20-9-3-16(4-10-20)26(29)30/h1-14H,(H,27,28)(H,29,30)(H,31,32,33)(H,34,35,36). The van der Waals surface area contributed by atoms with Gasteiger partial charge in [0.05, 0.1) is 11.1 Å². The molecule has 206 valence electrons. The Morgan fingerprint density at radius 2 is 0.850 bits per heavy atom. The van der Waals surface area contributed by atoms with Crippen molar-refractivity contribution in [3.8, 4) is 34.1 Å². The molecule has 0 heterocycles. The van der Waals surface area contributed by atoms with Crippen LogP contribution in [0.4, 0.5) is 0 Å². The van der Waals surface area contributed by atoms with Crippen molar-refractivity contribution in [1.82, 2.24) is 0 Å². The average Bonchev–Trinajstić information content (AvgIpc) is 2.88. The van der Waals surface area contributed by atoms with Crippen LogP contribution in [0, 0.1) is 0 Å². The fourth-order valence-corrected chi connectivity index (χ4v) is 4.81. The predicted octanol–water partition coefficient (Wildman–Crippen LogP) is 4.83. The lowest BCUT2D eigenvalue weighted by Gasteiger charge is -2.14. The van der Waals surface area contributed by atoms with Crippen molar-refractivity contribution in [3.05, 3.63) is 96.1 Å². The Morgan fingerprint density at radius 1 is 0.525 bits per heavy atom. The molecule has 0 aliphatic carbocycles. The van der Waals surface area contributed by atoms with Gasteiger partial charge in [0, 0.05) is 0 Å². The molecular weight excluding hydrogens is 568 g/mol. The zero-order chi connectivity index (χ0) is 29.2. The van der Waals surface area contributed by atoms with E-state index in [4.69, 9.17) is 19.7 Å². The normalized spacial score (nSPS) is 11.6. The third-order valence-corrected chi connectivity index (χ3v) is 7.18. The van der Waals surface area contributed by atoms with Crippen LogP contribution in [0.5, 0.6) is 23.0 Å². The molecule has 4 rings (SSSR count). The van der Waals surface area contributed by atoms with E-state index in [0.29, 0.717) is 0 Å². The topological polar surface area (TPSA) is 202 Å². The summed E-state index contributed by atoms with van der Waals surface area (Å²) in [4.78, 5) is 20.7. The summed E-state index contributed by atoms with van der Waals surface area (Å²) in [5, 5.41) is 18.0. The van der Waals surface area contributed by atoms with Gasteiger partial charge in [-0.05, 0) is 83.9 Å². The van der Waals surface area contributed by atoms with Gasteiger partial charge in [0.25, 0.3) is 20.2 Å². The van der Waals surface area contributed by atoms with E-state index >= 15 is 0 Å². The van der Waals surface area contributed by atoms with Crippen molar-refractivity contribution in [2.75, 3.05) is 0 Å².